The van der Waals surface area contributed by atoms with Gasteiger partial charge in [-0.3, -0.25) is 0 Å². The summed E-state index contributed by atoms with van der Waals surface area (Å²) in [5.74, 6) is 1.47. The van der Waals surface area contributed by atoms with Gasteiger partial charge in [0, 0.05) is 26.2 Å². The first kappa shape index (κ1) is 14.2. The third kappa shape index (κ3) is 3.52. The van der Waals surface area contributed by atoms with Crippen LogP contribution >= 0.6 is 15.9 Å². The minimum absolute atomic E-state index is 0.594. The van der Waals surface area contributed by atoms with Gasteiger partial charge in [0.25, 0.3) is 0 Å². The van der Waals surface area contributed by atoms with Gasteiger partial charge in [-0.25, -0.2) is 0 Å². The topological polar surface area (TPSA) is 45.2 Å². The molecule has 0 amide bonds. The van der Waals surface area contributed by atoms with Crippen molar-refractivity contribution in [3.8, 4) is 0 Å². The first-order valence-electron chi connectivity index (χ1n) is 6.07. The van der Waals surface area contributed by atoms with Gasteiger partial charge >= 0.3 is 0 Å². The molecule has 1 aromatic rings. The van der Waals surface area contributed by atoms with E-state index in [9.17, 15) is 0 Å². The van der Waals surface area contributed by atoms with E-state index in [4.69, 9.17) is 0 Å². The SMILES string of the molecule is CCN(CC)c1nc(Br)nc(N(CC)CC)n1. The van der Waals surface area contributed by atoms with Gasteiger partial charge in [-0.2, -0.15) is 15.0 Å². The molecule has 0 N–H and O–H groups in total. The summed E-state index contributed by atoms with van der Waals surface area (Å²) in [5, 5.41) is 0. The summed E-state index contributed by atoms with van der Waals surface area (Å²) in [5.41, 5.74) is 0. The molecule has 0 aliphatic carbocycles. The summed E-state index contributed by atoms with van der Waals surface area (Å²) >= 11 is 3.35. The summed E-state index contributed by atoms with van der Waals surface area (Å²) < 4.78 is 0.594. The van der Waals surface area contributed by atoms with Crippen molar-refractivity contribution in [3.05, 3.63) is 4.73 Å². The molecule has 5 nitrogen and oxygen atoms in total. The van der Waals surface area contributed by atoms with Gasteiger partial charge in [0.05, 0.1) is 0 Å². The summed E-state index contributed by atoms with van der Waals surface area (Å²) in [4.78, 5) is 17.4. The minimum Gasteiger partial charge on any atom is -0.341 e. The normalized spacial score (nSPS) is 10.4. The van der Waals surface area contributed by atoms with E-state index in [1.807, 2.05) is 0 Å². The molecule has 96 valence electrons. The Morgan fingerprint density at radius 1 is 0.765 bits per heavy atom. The van der Waals surface area contributed by atoms with E-state index in [1.165, 1.54) is 0 Å². The van der Waals surface area contributed by atoms with Crippen LogP contribution in [-0.4, -0.2) is 41.1 Å². The molecule has 0 bridgehead atoms. The predicted octanol–water partition coefficient (Wildman–Crippen LogP) is 2.33. The molecule has 0 aliphatic heterocycles. The lowest BCUT2D eigenvalue weighted by Gasteiger charge is -2.22. The van der Waals surface area contributed by atoms with Crippen LogP contribution in [0.15, 0.2) is 4.73 Å². The number of halogens is 1. The average molecular weight is 302 g/mol. The van der Waals surface area contributed by atoms with E-state index >= 15 is 0 Å². The summed E-state index contributed by atoms with van der Waals surface area (Å²) in [7, 11) is 0. The van der Waals surface area contributed by atoms with Crippen LogP contribution in [0, 0.1) is 0 Å². The second-order valence-corrected chi connectivity index (χ2v) is 4.26. The van der Waals surface area contributed by atoms with Crippen LogP contribution in [0.5, 0.6) is 0 Å². The Morgan fingerprint density at radius 2 is 1.12 bits per heavy atom. The van der Waals surface area contributed by atoms with Crippen molar-refractivity contribution in [1.82, 2.24) is 15.0 Å². The van der Waals surface area contributed by atoms with Crippen molar-refractivity contribution < 1.29 is 0 Å². The van der Waals surface area contributed by atoms with Crippen LogP contribution in [-0.2, 0) is 0 Å². The molecule has 0 saturated heterocycles. The molecule has 1 heterocycles. The number of hydrogen-bond acceptors (Lipinski definition) is 5. The number of rotatable bonds is 6. The lowest BCUT2D eigenvalue weighted by atomic mass is 10.5. The highest BCUT2D eigenvalue weighted by molar-refractivity contribution is 9.10. The van der Waals surface area contributed by atoms with Gasteiger partial charge in [0.1, 0.15) is 0 Å². The zero-order valence-electron chi connectivity index (χ0n) is 10.9. The maximum atomic E-state index is 4.52. The highest BCUT2D eigenvalue weighted by atomic mass is 79.9. The van der Waals surface area contributed by atoms with Crippen LogP contribution in [0.25, 0.3) is 0 Å². The van der Waals surface area contributed by atoms with Crippen LogP contribution in [0.2, 0.25) is 0 Å². The molecule has 0 unspecified atom stereocenters. The molecule has 0 atom stereocenters. The molecule has 0 radical (unpaired) electrons. The van der Waals surface area contributed by atoms with E-state index in [0.29, 0.717) is 4.73 Å². The van der Waals surface area contributed by atoms with Gasteiger partial charge in [-0.05, 0) is 43.6 Å². The second kappa shape index (κ2) is 6.74. The lowest BCUT2D eigenvalue weighted by Crippen LogP contribution is -2.28. The van der Waals surface area contributed by atoms with E-state index < -0.39 is 0 Å². The molecular weight excluding hydrogens is 282 g/mol. The van der Waals surface area contributed by atoms with E-state index in [-0.39, 0.29) is 0 Å². The first-order chi connectivity index (χ1) is 8.15. The quantitative estimate of drug-likeness (QED) is 0.807. The number of anilines is 2. The van der Waals surface area contributed by atoms with Gasteiger partial charge in [-0.1, -0.05) is 0 Å². The molecule has 0 saturated carbocycles. The first-order valence-corrected chi connectivity index (χ1v) is 6.86. The summed E-state index contributed by atoms with van der Waals surface area (Å²) in [6.07, 6.45) is 0. The van der Waals surface area contributed by atoms with Crippen molar-refractivity contribution in [3.63, 3.8) is 0 Å². The fourth-order valence-electron chi connectivity index (χ4n) is 1.63. The fourth-order valence-corrected chi connectivity index (χ4v) is 1.94. The Balaban J connectivity index is 3.08. The highest BCUT2D eigenvalue weighted by Crippen LogP contribution is 2.16. The molecular formula is C11H20BrN5. The Labute approximate surface area is 111 Å². The maximum absolute atomic E-state index is 4.52. The van der Waals surface area contributed by atoms with Crippen molar-refractivity contribution in [1.29, 1.82) is 0 Å². The molecule has 0 aliphatic rings. The van der Waals surface area contributed by atoms with Crippen molar-refractivity contribution in [2.45, 2.75) is 27.7 Å². The highest BCUT2D eigenvalue weighted by Gasteiger charge is 2.12. The van der Waals surface area contributed by atoms with Gasteiger partial charge < -0.3 is 9.80 Å². The number of hydrogen-bond donors (Lipinski definition) is 0. The standard InChI is InChI=1S/C11H20BrN5/c1-5-16(6-2)10-13-9(12)14-11(15-10)17(7-3)8-4/h5-8H2,1-4H3. The van der Waals surface area contributed by atoms with Crippen LogP contribution in [0.3, 0.4) is 0 Å². The Morgan fingerprint density at radius 3 is 1.41 bits per heavy atom. The van der Waals surface area contributed by atoms with E-state index in [0.717, 1.165) is 38.1 Å². The van der Waals surface area contributed by atoms with Crippen LogP contribution < -0.4 is 9.80 Å². The van der Waals surface area contributed by atoms with Crippen LogP contribution in [0.4, 0.5) is 11.9 Å². The summed E-state index contributed by atoms with van der Waals surface area (Å²) in [6.45, 7) is 12.0. The van der Waals surface area contributed by atoms with Gasteiger partial charge in [0.2, 0.25) is 16.6 Å². The third-order valence-corrected chi connectivity index (χ3v) is 3.03. The Bertz CT molecular complexity index is 319. The fraction of sp³-hybridized carbons (Fsp3) is 0.727. The van der Waals surface area contributed by atoms with Crippen molar-refractivity contribution in [2.75, 3.05) is 36.0 Å². The second-order valence-electron chi connectivity index (χ2n) is 3.55. The molecule has 1 aromatic heterocycles. The smallest absolute Gasteiger partial charge is 0.231 e. The van der Waals surface area contributed by atoms with E-state index in [1.54, 1.807) is 0 Å². The third-order valence-electron chi connectivity index (χ3n) is 2.68. The molecule has 0 spiro atoms. The van der Waals surface area contributed by atoms with Gasteiger partial charge in [-0.15, -0.1) is 0 Å². The molecule has 1 rings (SSSR count). The Kier molecular flexibility index (Phi) is 5.61. The molecule has 0 fully saturated rings. The maximum Gasteiger partial charge on any atom is 0.231 e. The lowest BCUT2D eigenvalue weighted by molar-refractivity contribution is 0.770. The number of nitrogens with zero attached hydrogens (tertiary/aromatic N) is 5. The zero-order chi connectivity index (χ0) is 12.8. The molecule has 6 heteroatoms. The average Bonchev–Trinajstić information content (AvgIpc) is 2.31. The minimum atomic E-state index is 0.594. The van der Waals surface area contributed by atoms with Crippen LogP contribution in [0.1, 0.15) is 27.7 Å². The monoisotopic (exact) mass is 301 g/mol. The Hall–Kier alpha value is -0.910. The van der Waals surface area contributed by atoms with E-state index in [2.05, 4.69) is 68.4 Å². The van der Waals surface area contributed by atoms with Crippen molar-refractivity contribution in [2.24, 2.45) is 0 Å². The van der Waals surface area contributed by atoms with Gasteiger partial charge in [0.15, 0.2) is 0 Å². The number of aromatic nitrogens is 3. The molecule has 17 heavy (non-hydrogen) atoms. The largest absolute Gasteiger partial charge is 0.341 e. The zero-order valence-corrected chi connectivity index (χ0v) is 12.5. The predicted molar refractivity (Wildman–Crippen MR) is 74.6 cm³/mol. The summed E-state index contributed by atoms with van der Waals surface area (Å²) in [6, 6.07) is 0. The molecule has 0 aromatic carbocycles. The van der Waals surface area contributed by atoms with Crippen molar-refractivity contribution >= 4 is 27.8 Å².